The van der Waals surface area contributed by atoms with Crippen LogP contribution in [0.2, 0.25) is 0 Å². The highest BCUT2D eigenvalue weighted by molar-refractivity contribution is 5.79. The molecule has 29 heavy (non-hydrogen) atoms. The molecule has 0 fully saturated rings. The summed E-state index contributed by atoms with van der Waals surface area (Å²) in [7, 11) is 1.77. The molecule has 0 amide bonds. The van der Waals surface area contributed by atoms with Gasteiger partial charge in [0.2, 0.25) is 0 Å². The highest BCUT2D eigenvalue weighted by Crippen LogP contribution is 2.08. The van der Waals surface area contributed by atoms with Crippen molar-refractivity contribution in [3.63, 3.8) is 0 Å². The summed E-state index contributed by atoms with van der Waals surface area (Å²) < 4.78 is 13.2. The Morgan fingerprint density at radius 3 is 2.62 bits per heavy atom. The number of nitrogens with zero attached hydrogens (tertiary/aromatic N) is 3. The first-order valence-electron chi connectivity index (χ1n) is 10.4. The molecule has 2 rings (SSSR count). The molecule has 160 valence electrons. The van der Waals surface area contributed by atoms with Crippen LogP contribution in [0.1, 0.15) is 36.7 Å². The smallest absolute Gasteiger partial charge is 0.191 e. The molecular weight excluding hydrogens is 366 g/mol. The number of benzene rings is 1. The number of aromatic nitrogens is 2. The van der Waals surface area contributed by atoms with Crippen molar-refractivity contribution in [2.75, 3.05) is 40.0 Å². The van der Waals surface area contributed by atoms with Crippen LogP contribution in [0, 0.1) is 6.92 Å². The van der Waals surface area contributed by atoms with Crippen LogP contribution in [0.15, 0.2) is 41.7 Å². The first kappa shape index (κ1) is 22.9. The zero-order valence-corrected chi connectivity index (χ0v) is 18.0. The third-order valence-electron chi connectivity index (χ3n) is 4.50. The molecule has 0 bridgehead atoms. The Hall–Kier alpha value is -2.38. The van der Waals surface area contributed by atoms with Gasteiger partial charge >= 0.3 is 0 Å². The number of guanidine groups is 1. The van der Waals surface area contributed by atoms with Crippen LogP contribution in [0.25, 0.3) is 0 Å². The second-order valence-corrected chi connectivity index (χ2v) is 6.85. The fraction of sp³-hybridized carbons (Fsp3) is 0.545. The second kappa shape index (κ2) is 13.7. The zero-order valence-electron chi connectivity index (χ0n) is 18.0. The Morgan fingerprint density at radius 2 is 1.90 bits per heavy atom. The Labute approximate surface area is 174 Å². The monoisotopic (exact) mass is 401 g/mol. The molecule has 2 N–H and O–H groups in total. The van der Waals surface area contributed by atoms with Gasteiger partial charge in [-0.05, 0) is 24.5 Å². The molecule has 0 saturated heterocycles. The SMILES string of the molecule is CCCCOCCOCCNC(=NC)NCc1cccc(Cn2ccnc2C)c1. The van der Waals surface area contributed by atoms with Crippen LogP contribution in [-0.2, 0) is 22.6 Å². The summed E-state index contributed by atoms with van der Waals surface area (Å²) in [6.45, 7) is 9.14. The van der Waals surface area contributed by atoms with E-state index in [1.807, 2.05) is 19.3 Å². The summed E-state index contributed by atoms with van der Waals surface area (Å²) >= 11 is 0. The van der Waals surface area contributed by atoms with Crippen LogP contribution in [0.5, 0.6) is 0 Å². The minimum Gasteiger partial charge on any atom is -0.379 e. The maximum atomic E-state index is 5.57. The van der Waals surface area contributed by atoms with E-state index in [4.69, 9.17) is 9.47 Å². The normalized spacial score (nSPS) is 11.6. The quantitative estimate of drug-likeness (QED) is 0.307. The van der Waals surface area contributed by atoms with E-state index in [0.717, 1.165) is 37.8 Å². The average Bonchev–Trinajstić information content (AvgIpc) is 3.13. The highest BCUT2D eigenvalue weighted by atomic mass is 16.5. The number of rotatable bonds is 13. The van der Waals surface area contributed by atoms with Crippen molar-refractivity contribution in [1.82, 2.24) is 20.2 Å². The largest absolute Gasteiger partial charge is 0.379 e. The van der Waals surface area contributed by atoms with Crippen molar-refractivity contribution < 1.29 is 9.47 Å². The first-order valence-corrected chi connectivity index (χ1v) is 10.4. The van der Waals surface area contributed by atoms with Crippen molar-refractivity contribution in [2.24, 2.45) is 4.99 Å². The van der Waals surface area contributed by atoms with E-state index in [0.29, 0.717) is 32.9 Å². The summed E-state index contributed by atoms with van der Waals surface area (Å²) in [5.74, 6) is 1.79. The molecule has 0 saturated carbocycles. The number of unbranched alkanes of at least 4 members (excludes halogenated alkanes) is 1. The number of hydrogen-bond donors (Lipinski definition) is 2. The van der Waals surface area contributed by atoms with Crippen LogP contribution >= 0.6 is 0 Å². The molecule has 7 heteroatoms. The standard InChI is InChI=1S/C22H35N5O2/c1-4-5-12-28-14-15-29-13-10-25-22(23-3)26-17-20-7-6-8-21(16-20)18-27-11-9-24-19(27)2/h6-9,11,16H,4-5,10,12-15,17-18H2,1-3H3,(H2,23,25,26). The van der Waals surface area contributed by atoms with Crippen molar-refractivity contribution in [2.45, 2.75) is 39.8 Å². The van der Waals surface area contributed by atoms with Crippen LogP contribution < -0.4 is 10.6 Å². The Bertz CT molecular complexity index is 729. The Kier molecular flexibility index (Phi) is 10.9. The number of hydrogen-bond acceptors (Lipinski definition) is 4. The van der Waals surface area contributed by atoms with Gasteiger partial charge in [0.05, 0.1) is 19.8 Å². The van der Waals surface area contributed by atoms with Crippen molar-refractivity contribution >= 4 is 5.96 Å². The minimum atomic E-state index is 0.623. The number of ether oxygens (including phenoxy) is 2. The molecule has 0 radical (unpaired) electrons. The van der Waals surface area contributed by atoms with Gasteiger partial charge in [0.1, 0.15) is 5.82 Å². The summed E-state index contributed by atoms with van der Waals surface area (Å²) in [4.78, 5) is 8.55. The second-order valence-electron chi connectivity index (χ2n) is 6.85. The molecule has 0 aliphatic carbocycles. The van der Waals surface area contributed by atoms with Crippen LogP contribution in [-0.4, -0.2) is 55.5 Å². The van der Waals surface area contributed by atoms with Gasteiger partial charge in [0.25, 0.3) is 0 Å². The van der Waals surface area contributed by atoms with Crippen LogP contribution in [0.4, 0.5) is 0 Å². The molecule has 0 spiro atoms. The van der Waals surface area contributed by atoms with Gasteiger partial charge in [-0.2, -0.15) is 0 Å². The molecular formula is C22H35N5O2. The molecule has 0 atom stereocenters. The van der Waals surface area contributed by atoms with E-state index >= 15 is 0 Å². The van der Waals surface area contributed by atoms with Crippen molar-refractivity contribution in [3.05, 3.63) is 53.6 Å². The van der Waals surface area contributed by atoms with Gasteiger partial charge in [0, 0.05) is 45.7 Å². The number of imidazole rings is 1. The van der Waals surface area contributed by atoms with Crippen molar-refractivity contribution in [3.8, 4) is 0 Å². The lowest BCUT2D eigenvalue weighted by Crippen LogP contribution is -2.38. The van der Waals surface area contributed by atoms with E-state index in [-0.39, 0.29) is 0 Å². The lowest BCUT2D eigenvalue weighted by Gasteiger charge is -2.13. The Balaban J connectivity index is 1.65. The first-order chi connectivity index (χ1) is 14.2. The van der Waals surface area contributed by atoms with E-state index < -0.39 is 0 Å². The third-order valence-corrected chi connectivity index (χ3v) is 4.50. The average molecular weight is 402 g/mol. The number of aryl methyl sites for hydroxylation is 1. The Morgan fingerprint density at radius 1 is 1.10 bits per heavy atom. The summed E-state index contributed by atoms with van der Waals surface area (Å²) in [6.07, 6.45) is 6.10. The van der Waals surface area contributed by atoms with E-state index in [2.05, 4.69) is 56.4 Å². The summed E-state index contributed by atoms with van der Waals surface area (Å²) in [5.41, 5.74) is 2.46. The summed E-state index contributed by atoms with van der Waals surface area (Å²) in [5, 5.41) is 6.62. The molecule has 0 unspecified atom stereocenters. The summed E-state index contributed by atoms with van der Waals surface area (Å²) in [6, 6.07) is 8.55. The molecule has 1 aromatic heterocycles. The van der Waals surface area contributed by atoms with Gasteiger partial charge < -0.3 is 24.7 Å². The van der Waals surface area contributed by atoms with Gasteiger partial charge in [-0.25, -0.2) is 4.98 Å². The number of nitrogens with one attached hydrogen (secondary N) is 2. The lowest BCUT2D eigenvalue weighted by molar-refractivity contribution is 0.0487. The van der Waals surface area contributed by atoms with Gasteiger partial charge in [-0.1, -0.05) is 37.6 Å². The number of aliphatic imine (C=N–C) groups is 1. The minimum absolute atomic E-state index is 0.623. The predicted molar refractivity (Wildman–Crippen MR) is 117 cm³/mol. The van der Waals surface area contributed by atoms with E-state index in [9.17, 15) is 0 Å². The fourth-order valence-electron chi connectivity index (χ4n) is 2.82. The molecule has 2 aromatic rings. The molecule has 0 aliphatic heterocycles. The molecule has 0 aliphatic rings. The third kappa shape index (κ3) is 9.11. The van der Waals surface area contributed by atoms with Gasteiger partial charge in [-0.15, -0.1) is 0 Å². The van der Waals surface area contributed by atoms with Gasteiger partial charge in [-0.3, -0.25) is 4.99 Å². The topological polar surface area (TPSA) is 72.7 Å². The molecule has 7 nitrogen and oxygen atoms in total. The van der Waals surface area contributed by atoms with Crippen LogP contribution in [0.3, 0.4) is 0 Å². The highest BCUT2D eigenvalue weighted by Gasteiger charge is 2.02. The van der Waals surface area contributed by atoms with Crippen molar-refractivity contribution in [1.29, 1.82) is 0 Å². The predicted octanol–water partition coefficient (Wildman–Crippen LogP) is 2.74. The molecule has 1 heterocycles. The van der Waals surface area contributed by atoms with E-state index in [1.165, 1.54) is 11.1 Å². The molecule has 1 aromatic carbocycles. The maximum Gasteiger partial charge on any atom is 0.191 e. The maximum absolute atomic E-state index is 5.57. The van der Waals surface area contributed by atoms with Gasteiger partial charge in [0.15, 0.2) is 5.96 Å². The lowest BCUT2D eigenvalue weighted by atomic mass is 10.1. The fourth-order valence-corrected chi connectivity index (χ4v) is 2.82. The van der Waals surface area contributed by atoms with E-state index in [1.54, 1.807) is 7.05 Å². The zero-order chi connectivity index (χ0) is 20.7.